The van der Waals surface area contributed by atoms with Crippen LogP contribution in [0.4, 0.5) is 49.5 Å². The number of benzene rings is 1. The topological polar surface area (TPSA) is 179 Å². The average Bonchev–Trinajstić information content (AvgIpc) is 2.88. The SMILES string of the molecule is CNS(=O)(=O)c1ccc(OCC(F)(F)F)c(Nc2cc(Nc3ccc(C#N)cn3)ncn2)c1.O=C(O)C(F)(F)F. The van der Waals surface area contributed by atoms with Gasteiger partial charge in [0.25, 0.3) is 0 Å². The number of ether oxygens (including phenoxy) is 1. The predicted molar refractivity (Wildman–Crippen MR) is 125 cm³/mol. The summed E-state index contributed by atoms with van der Waals surface area (Å²) in [6.45, 7) is -1.57. The number of carboxylic acid groups (broad SMARTS) is 1. The molecule has 214 valence electrons. The summed E-state index contributed by atoms with van der Waals surface area (Å²) >= 11 is 0. The van der Waals surface area contributed by atoms with E-state index in [4.69, 9.17) is 19.9 Å². The average molecular weight is 593 g/mol. The molecule has 1 aromatic carbocycles. The van der Waals surface area contributed by atoms with Crippen LogP contribution >= 0.6 is 0 Å². The number of nitrogens with one attached hydrogen (secondary N) is 3. The van der Waals surface area contributed by atoms with Crippen molar-refractivity contribution in [2.75, 3.05) is 24.3 Å². The van der Waals surface area contributed by atoms with E-state index in [1.807, 2.05) is 6.07 Å². The maximum Gasteiger partial charge on any atom is 0.490 e. The van der Waals surface area contributed by atoms with Crippen molar-refractivity contribution in [2.24, 2.45) is 0 Å². The second-order valence-electron chi connectivity index (χ2n) is 7.15. The van der Waals surface area contributed by atoms with Gasteiger partial charge in [0.1, 0.15) is 35.6 Å². The molecule has 2 heterocycles. The molecule has 0 saturated heterocycles. The summed E-state index contributed by atoms with van der Waals surface area (Å²) in [4.78, 5) is 20.8. The first-order valence-electron chi connectivity index (χ1n) is 10.3. The van der Waals surface area contributed by atoms with Gasteiger partial charge in [-0.3, -0.25) is 0 Å². The summed E-state index contributed by atoms with van der Waals surface area (Å²) in [5.74, 6) is -2.19. The van der Waals surface area contributed by atoms with Crippen LogP contribution in [0, 0.1) is 11.3 Å². The lowest BCUT2D eigenvalue weighted by molar-refractivity contribution is -0.192. The molecule has 12 nitrogen and oxygen atoms in total. The molecular weight excluding hydrogens is 576 g/mol. The fourth-order valence-electron chi connectivity index (χ4n) is 2.47. The van der Waals surface area contributed by atoms with E-state index in [9.17, 15) is 34.8 Å². The standard InChI is InChI=1S/C19H16F3N7O3S.C2HF3O2/c1-24-33(30,31)13-3-4-15(32-10-19(20,21)22)14(6-13)28-17-7-18(27-11-26-17)29-16-5-2-12(8-23)9-25-16;3-2(4,5)1(6)7/h2-7,9,11,24H,10H2,1H3,(H2,25,26,27,28,29);(H,6,7). The molecule has 2 aromatic heterocycles. The van der Waals surface area contributed by atoms with E-state index in [0.717, 1.165) is 18.2 Å². The molecule has 0 aliphatic rings. The van der Waals surface area contributed by atoms with Gasteiger partial charge in [0, 0.05) is 12.3 Å². The molecule has 19 heteroatoms. The number of anilines is 4. The van der Waals surface area contributed by atoms with Crippen molar-refractivity contribution in [1.29, 1.82) is 5.26 Å². The first-order chi connectivity index (χ1) is 18.5. The molecule has 3 aromatic rings. The molecule has 0 amide bonds. The van der Waals surface area contributed by atoms with E-state index in [1.54, 1.807) is 12.1 Å². The molecule has 4 N–H and O–H groups in total. The molecule has 0 bridgehead atoms. The van der Waals surface area contributed by atoms with Gasteiger partial charge in [-0.25, -0.2) is 32.9 Å². The number of carboxylic acids is 1. The Hall–Kier alpha value is -4.70. The van der Waals surface area contributed by atoms with E-state index < -0.39 is 35.0 Å². The Morgan fingerprint density at radius 1 is 1.00 bits per heavy atom. The highest BCUT2D eigenvalue weighted by Crippen LogP contribution is 2.32. The Balaban J connectivity index is 0.000000708. The third-order valence-electron chi connectivity index (χ3n) is 4.24. The zero-order chi connectivity index (χ0) is 30.1. The number of aromatic nitrogens is 3. The molecule has 0 aliphatic carbocycles. The number of pyridine rings is 1. The van der Waals surface area contributed by atoms with Gasteiger partial charge in [0.15, 0.2) is 6.61 Å². The number of hydrogen-bond donors (Lipinski definition) is 4. The van der Waals surface area contributed by atoms with Crippen LogP contribution in [-0.4, -0.2) is 60.5 Å². The number of hydrogen-bond acceptors (Lipinski definition) is 10. The normalized spacial score (nSPS) is 11.4. The van der Waals surface area contributed by atoms with Crippen LogP contribution < -0.4 is 20.1 Å². The second-order valence-corrected chi connectivity index (χ2v) is 9.04. The van der Waals surface area contributed by atoms with Crippen molar-refractivity contribution in [3.63, 3.8) is 0 Å². The van der Waals surface area contributed by atoms with Gasteiger partial charge >= 0.3 is 18.3 Å². The Kier molecular flexibility index (Phi) is 10.2. The largest absolute Gasteiger partial charge is 0.490 e. The van der Waals surface area contributed by atoms with Crippen molar-refractivity contribution in [3.8, 4) is 11.8 Å². The zero-order valence-corrected chi connectivity index (χ0v) is 20.7. The zero-order valence-electron chi connectivity index (χ0n) is 19.9. The van der Waals surface area contributed by atoms with Crippen molar-refractivity contribution < 1.29 is 49.4 Å². The van der Waals surface area contributed by atoms with Gasteiger partial charge in [-0.15, -0.1) is 0 Å². The molecule has 0 aliphatic heterocycles. The third kappa shape index (κ3) is 9.88. The van der Waals surface area contributed by atoms with Crippen molar-refractivity contribution in [3.05, 3.63) is 54.5 Å². The Labute approximate surface area is 221 Å². The van der Waals surface area contributed by atoms with E-state index in [-0.39, 0.29) is 28.0 Å². The molecule has 0 saturated carbocycles. The van der Waals surface area contributed by atoms with E-state index in [0.29, 0.717) is 11.4 Å². The van der Waals surface area contributed by atoms with Crippen molar-refractivity contribution in [2.45, 2.75) is 17.2 Å². The maximum atomic E-state index is 12.6. The molecule has 0 atom stereocenters. The lowest BCUT2D eigenvalue weighted by Crippen LogP contribution is -2.21. The van der Waals surface area contributed by atoms with Crippen LogP contribution in [0.2, 0.25) is 0 Å². The van der Waals surface area contributed by atoms with E-state index >= 15 is 0 Å². The molecular formula is C21H17F6N7O5S. The van der Waals surface area contributed by atoms with Gasteiger partial charge in [0.05, 0.1) is 16.1 Å². The highest BCUT2D eigenvalue weighted by Gasteiger charge is 2.38. The summed E-state index contributed by atoms with van der Waals surface area (Å²) in [6, 6.07) is 9.82. The third-order valence-corrected chi connectivity index (χ3v) is 5.65. The molecule has 40 heavy (non-hydrogen) atoms. The number of nitrogens with zero attached hydrogens (tertiary/aromatic N) is 4. The molecule has 3 rings (SSSR count). The highest BCUT2D eigenvalue weighted by atomic mass is 32.2. The number of alkyl halides is 6. The first kappa shape index (κ1) is 31.5. The monoisotopic (exact) mass is 593 g/mol. The second kappa shape index (κ2) is 12.9. The van der Waals surface area contributed by atoms with Crippen LogP contribution in [-0.2, 0) is 14.8 Å². The fourth-order valence-corrected chi connectivity index (χ4v) is 3.23. The fraction of sp³-hybridized carbons (Fsp3) is 0.190. The van der Waals surface area contributed by atoms with Gasteiger partial charge in [-0.2, -0.15) is 31.6 Å². The lowest BCUT2D eigenvalue weighted by Gasteiger charge is -2.16. The van der Waals surface area contributed by atoms with Crippen LogP contribution in [0.15, 0.2) is 53.8 Å². The summed E-state index contributed by atoms with van der Waals surface area (Å²) in [5, 5.41) is 21.6. The molecule has 0 fully saturated rings. The molecule has 0 unspecified atom stereocenters. The van der Waals surface area contributed by atoms with Crippen molar-refractivity contribution in [1.82, 2.24) is 19.7 Å². The highest BCUT2D eigenvalue weighted by molar-refractivity contribution is 7.89. The van der Waals surface area contributed by atoms with Gasteiger partial charge in [-0.05, 0) is 37.4 Å². The first-order valence-corrected chi connectivity index (χ1v) is 11.8. The summed E-state index contributed by atoms with van der Waals surface area (Å²) in [5.41, 5.74) is 0.310. The van der Waals surface area contributed by atoms with Crippen LogP contribution in [0.1, 0.15) is 5.56 Å². The maximum absolute atomic E-state index is 12.6. The molecule has 0 spiro atoms. The number of rotatable bonds is 8. The lowest BCUT2D eigenvalue weighted by atomic mass is 10.3. The molecule has 0 radical (unpaired) electrons. The number of sulfonamides is 1. The number of nitriles is 1. The smallest absolute Gasteiger partial charge is 0.482 e. The Morgan fingerprint density at radius 3 is 2.12 bits per heavy atom. The van der Waals surface area contributed by atoms with Gasteiger partial charge in [0.2, 0.25) is 10.0 Å². The minimum atomic E-state index is -5.08. The Bertz CT molecular complexity index is 1480. The van der Waals surface area contributed by atoms with Gasteiger partial charge < -0.3 is 20.5 Å². The van der Waals surface area contributed by atoms with E-state index in [1.165, 1.54) is 25.6 Å². The summed E-state index contributed by atoms with van der Waals surface area (Å²) in [6.07, 6.45) is -7.13. The minimum absolute atomic E-state index is 0.0586. The number of aliphatic carboxylic acids is 1. The van der Waals surface area contributed by atoms with Crippen molar-refractivity contribution >= 4 is 39.1 Å². The summed E-state index contributed by atoms with van der Waals surface area (Å²) in [7, 11) is -2.67. The van der Waals surface area contributed by atoms with Crippen LogP contribution in [0.3, 0.4) is 0 Å². The number of halogens is 6. The minimum Gasteiger partial charge on any atom is -0.482 e. The predicted octanol–water partition coefficient (Wildman–Crippen LogP) is 3.71. The Morgan fingerprint density at radius 2 is 1.62 bits per heavy atom. The number of carbonyl (C=O) groups is 1. The van der Waals surface area contributed by atoms with E-state index in [2.05, 4.69) is 30.3 Å². The van der Waals surface area contributed by atoms with Crippen LogP contribution in [0.5, 0.6) is 5.75 Å². The van der Waals surface area contributed by atoms with Gasteiger partial charge in [-0.1, -0.05) is 0 Å². The van der Waals surface area contributed by atoms with Crippen LogP contribution in [0.25, 0.3) is 0 Å². The summed E-state index contributed by atoms with van der Waals surface area (Å²) < 4.78 is 101. The quantitative estimate of drug-likeness (QED) is 0.280.